The minimum atomic E-state index is -0.670. The largest absolute Gasteiger partial charge is 0.485 e. The van der Waals surface area contributed by atoms with Gasteiger partial charge in [-0.1, -0.05) is 35.9 Å². The lowest BCUT2D eigenvalue weighted by molar-refractivity contribution is -0.130. The van der Waals surface area contributed by atoms with Crippen molar-refractivity contribution in [3.63, 3.8) is 0 Å². The third-order valence-corrected chi connectivity index (χ3v) is 5.40. The molecule has 4 rings (SSSR count). The molecule has 5 nitrogen and oxygen atoms in total. The number of carbonyl (C=O) groups is 1. The van der Waals surface area contributed by atoms with Crippen LogP contribution >= 0.6 is 22.9 Å². The van der Waals surface area contributed by atoms with Gasteiger partial charge < -0.3 is 14.8 Å². The van der Waals surface area contributed by atoms with Gasteiger partial charge in [-0.05, 0) is 31.2 Å². The van der Waals surface area contributed by atoms with E-state index in [9.17, 15) is 4.79 Å². The third-order valence-electron chi connectivity index (χ3n) is 4.17. The maximum absolute atomic E-state index is 12.4. The van der Waals surface area contributed by atoms with E-state index in [0.717, 1.165) is 21.1 Å². The maximum Gasteiger partial charge on any atom is 0.265 e. The van der Waals surface area contributed by atoms with Crippen molar-refractivity contribution >= 4 is 28.8 Å². The van der Waals surface area contributed by atoms with Gasteiger partial charge in [0.15, 0.2) is 11.5 Å². The number of benzene rings is 2. The Balaban J connectivity index is 1.40. The van der Waals surface area contributed by atoms with Gasteiger partial charge >= 0.3 is 0 Å². The number of aromatic nitrogens is 1. The van der Waals surface area contributed by atoms with E-state index in [0.29, 0.717) is 23.1 Å². The second-order valence-corrected chi connectivity index (χ2v) is 7.83. The first-order valence-corrected chi connectivity index (χ1v) is 9.68. The van der Waals surface area contributed by atoms with E-state index < -0.39 is 6.10 Å². The number of nitrogens with one attached hydrogen (secondary N) is 1. The number of hydrogen-bond acceptors (Lipinski definition) is 5. The van der Waals surface area contributed by atoms with Crippen molar-refractivity contribution in [2.24, 2.45) is 0 Å². The lowest BCUT2D eigenvalue weighted by Crippen LogP contribution is -2.43. The summed E-state index contributed by atoms with van der Waals surface area (Å²) in [5.74, 6) is 1.02. The Morgan fingerprint density at radius 1 is 1.22 bits per heavy atom. The van der Waals surface area contributed by atoms with Crippen LogP contribution in [-0.2, 0) is 11.3 Å². The fourth-order valence-electron chi connectivity index (χ4n) is 2.83. The molecular weight excluding hydrogens is 384 g/mol. The van der Waals surface area contributed by atoms with Crippen LogP contribution in [0, 0.1) is 6.92 Å². The number of ether oxygens (including phenoxy) is 2. The Kier molecular flexibility index (Phi) is 5.01. The molecule has 0 radical (unpaired) electrons. The normalized spacial score (nSPS) is 15.4. The Bertz CT molecular complexity index is 972. The molecule has 2 aromatic carbocycles. The zero-order valence-corrected chi connectivity index (χ0v) is 16.1. The molecule has 0 spiro atoms. The van der Waals surface area contributed by atoms with Gasteiger partial charge in [0.2, 0.25) is 6.10 Å². The standard InChI is InChI=1S/C20H17ClN2O3S/c1-12-19(13-6-8-14(21)9-7-13)23-18(27-12)10-22-20(24)17-11-25-15-4-2-3-5-16(15)26-17/h2-9,17H,10-11H2,1H3,(H,22,24). The summed E-state index contributed by atoms with van der Waals surface area (Å²) in [4.78, 5) is 18.2. The number of carbonyl (C=O) groups excluding carboxylic acids is 1. The Labute approximate surface area is 165 Å². The predicted molar refractivity (Wildman–Crippen MR) is 105 cm³/mol. The molecule has 1 aromatic heterocycles. The van der Waals surface area contributed by atoms with Crippen LogP contribution in [0.3, 0.4) is 0 Å². The number of thiazole rings is 1. The summed E-state index contributed by atoms with van der Waals surface area (Å²) in [5, 5.41) is 4.41. The highest BCUT2D eigenvalue weighted by molar-refractivity contribution is 7.12. The molecule has 0 saturated carbocycles. The number of fused-ring (bicyclic) bond motifs is 1. The number of hydrogen-bond donors (Lipinski definition) is 1. The zero-order valence-electron chi connectivity index (χ0n) is 14.6. The number of aryl methyl sites for hydroxylation is 1. The highest BCUT2D eigenvalue weighted by Crippen LogP contribution is 2.31. The summed E-state index contributed by atoms with van der Waals surface area (Å²) < 4.78 is 11.3. The Morgan fingerprint density at radius 3 is 2.74 bits per heavy atom. The van der Waals surface area contributed by atoms with Gasteiger partial charge in [0.05, 0.1) is 12.2 Å². The molecule has 0 bridgehead atoms. The van der Waals surface area contributed by atoms with Crippen LogP contribution < -0.4 is 14.8 Å². The first-order valence-electron chi connectivity index (χ1n) is 8.48. The van der Waals surface area contributed by atoms with Gasteiger partial charge in [0.25, 0.3) is 5.91 Å². The van der Waals surface area contributed by atoms with Crippen molar-refractivity contribution in [1.82, 2.24) is 10.3 Å². The van der Waals surface area contributed by atoms with E-state index in [1.54, 1.807) is 17.4 Å². The quantitative estimate of drug-likeness (QED) is 0.712. The summed E-state index contributed by atoms with van der Waals surface area (Å²) in [6.45, 7) is 2.55. The summed E-state index contributed by atoms with van der Waals surface area (Å²) in [5.41, 5.74) is 1.92. The van der Waals surface area contributed by atoms with Gasteiger partial charge in [0.1, 0.15) is 11.6 Å². The van der Waals surface area contributed by atoms with Crippen molar-refractivity contribution in [3.8, 4) is 22.8 Å². The minimum Gasteiger partial charge on any atom is -0.485 e. The lowest BCUT2D eigenvalue weighted by atomic mass is 10.1. The maximum atomic E-state index is 12.4. The second-order valence-electron chi connectivity index (χ2n) is 6.10. The van der Waals surface area contributed by atoms with Crippen LogP contribution in [-0.4, -0.2) is 23.6 Å². The first kappa shape index (κ1) is 17.8. The van der Waals surface area contributed by atoms with E-state index in [2.05, 4.69) is 10.3 Å². The van der Waals surface area contributed by atoms with E-state index in [1.165, 1.54) is 0 Å². The molecule has 138 valence electrons. The van der Waals surface area contributed by atoms with Crippen molar-refractivity contribution < 1.29 is 14.3 Å². The Morgan fingerprint density at radius 2 is 1.96 bits per heavy atom. The van der Waals surface area contributed by atoms with Crippen LogP contribution in [0.2, 0.25) is 5.02 Å². The molecule has 2 heterocycles. The molecule has 1 aliphatic rings. The number of para-hydroxylation sites is 2. The molecule has 0 saturated heterocycles. The van der Waals surface area contributed by atoms with Crippen LogP contribution in [0.25, 0.3) is 11.3 Å². The molecule has 1 amide bonds. The summed E-state index contributed by atoms with van der Waals surface area (Å²) in [6, 6.07) is 14.9. The number of rotatable bonds is 4. The van der Waals surface area contributed by atoms with Crippen LogP contribution in [0.15, 0.2) is 48.5 Å². The van der Waals surface area contributed by atoms with E-state index >= 15 is 0 Å². The fraction of sp³-hybridized carbons (Fsp3) is 0.200. The number of amides is 1. The summed E-state index contributed by atoms with van der Waals surface area (Å²) >= 11 is 7.51. The third kappa shape index (κ3) is 3.91. The molecule has 1 atom stereocenters. The smallest absolute Gasteiger partial charge is 0.265 e. The highest BCUT2D eigenvalue weighted by Gasteiger charge is 2.27. The highest BCUT2D eigenvalue weighted by atomic mass is 35.5. The molecular formula is C20H17ClN2O3S. The molecule has 1 aliphatic heterocycles. The first-order chi connectivity index (χ1) is 13.1. The van der Waals surface area contributed by atoms with Crippen molar-refractivity contribution in [2.75, 3.05) is 6.61 Å². The minimum absolute atomic E-state index is 0.190. The monoisotopic (exact) mass is 400 g/mol. The molecule has 27 heavy (non-hydrogen) atoms. The number of nitrogens with zero attached hydrogens (tertiary/aromatic N) is 1. The van der Waals surface area contributed by atoms with Gasteiger partial charge in [0, 0.05) is 15.5 Å². The van der Waals surface area contributed by atoms with Crippen molar-refractivity contribution in [3.05, 3.63) is 63.4 Å². The summed E-state index contributed by atoms with van der Waals surface area (Å²) in [7, 11) is 0. The fourth-order valence-corrected chi connectivity index (χ4v) is 3.85. The average molecular weight is 401 g/mol. The van der Waals surface area contributed by atoms with Crippen molar-refractivity contribution in [1.29, 1.82) is 0 Å². The predicted octanol–water partition coefficient (Wildman–Crippen LogP) is 4.23. The SMILES string of the molecule is Cc1sc(CNC(=O)C2COc3ccccc3O2)nc1-c1ccc(Cl)cc1. The topological polar surface area (TPSA) is 60.5 Å². The zero-order chi connectivity index (χ0) is 18.8. The molecule has 1 N–H and O–H groups in total. The van der Waals surface area contributed by atoms with Gasteiger partial charge in [-0.25, -0.2) is 4.98 Å². The van der Waals surface area contributed by atoms with E-state index in [1.807, 2.05) is 49.4 Å². The lowest BCUT2D eigenvalue weighted by Gasteiger charge is -2.25. The van der Waals surface area contributed by atoms with Crippen LogP contribution in [0.4, 0.5) is 0 Å². The average Bonchev–Trinajstić information content (AvgIpc) is 3.07. The van der Waals surface area contributed by atoms with Gasteiger partial charge in [-0.3, -0.25) is 4.79 Å². The molecule has 0 aliphatic carbocycles. The summed E-state index contributed by atoms with van der Waals surface area (Å²) in [6.07, 6.45) is -0.670. The Hall–Kier alpha value is -2.57. The van der Waals surface area contributed by atoms with Crippen molar-refractivity contribution in [2.45, 2.75) is 19.6 Å². The van der Waals surface area contributed by atoms with E-state index in [4.69, 9.17) is 21.1 Å². The molecule has 1 unspecified atom stereocenters. The molecule has 7 heteroatoms. The number of halogens is 1. The van der Waals surface area contributed by atoms with Gasteiger partial charge in [-0.2, -0.15) is 0 Å². The molecule has 3 aromatic rings. The van der Waals surface area contributed by atoms with Crippen LogP contribution in [0.5, 0.6) is 11.5 Å². The molecule has 0 fully saturated rings. The van der Waals surface area contributed by atoms with Gasteiger partial charge in [-0.15, -0.1) is 11.3 Å². The second kappa shape index (κ2) is 7.58. The van der Waals surface area contributed by atoms with E-state index in [-0.39, 0.29) is 12.5 Å². The van der Waals surface area contributed by atoms with Crippen LogP contribution in [0.1, 0.15) is 9.88 Å².